The Labute approximate surface area is 193 Å². The molecule has 5 nitrogen and oxygen atoms in total. The molecule has 9 heteroatoms. The second kappa shape index (κ2) is 9.94. The summed E-state index contributed by atoms with van der Waals surface area (Å²) >= 11 is 0. The van der Waals surface area contributed by atoms with Gasteiger partial charge in [-0.05, 0) is 62.5 Å². The second-order valence-corrected chi connectivity index (χ2v) is 12.4. The van der Waals surface area contributed by atoms with Crippen molar-refractivity contribution in [2.75, 3.05) is 5.75 Å². The molecule has 2 bridgehead atoms. The van der Waals surface area contributed by atoms with Crippen LogP contribution < -0.4 is 5.73 Å². The average molecular weight is 487 g/mol. The fourth-order valence-electron chi connectivity index (χ4n) is 6.07. The van der Waals surface area contributed by atoms with E-state index in [1.807, 2.05) is 4.90 Å². The average Bonchev–Trinajstić information content (AvgIpc) is 3.05. The first-order valence-electron chi connectivity index (χ1n) is 12.1. The third-order valence-corrected chi connectivity index (χ3v) is 10.1. The Morgan fingerprint density at radius 1 is 0.970 bits per heavy atom. The lowest BCUT2D eigenvalue weighted by molar-refractivity contribution is -0.136. The van der Waals surface area contributed by atoms with Crippen LogP contribution in [0.25, 0.3) is 0 Å². The Morgan fingerprint density at radius 2 is 1.58 bits per heavy atom. The number of sulfone groups is 1. The highest BCUT2D eigenvalue weighted by Gasteiger charge is 2.44. The van der Waals surface area contributed by atoms with Crippen LogP contribution in [0.5, 0.6) is 0 Å². The minimum atomic E-state index is -3.26. The number of nitrogens with two attached hydrogens (primary N) is 1. The molecule has 4 atom stereocenters. The lowest BCUT2D eigenvalue weighted by Gasteiger charge is -2.41. The third kappa shape index (κ3) is 5.39. The zero-order chi connectivity index (χ0) is 23.8. The minimum Gasteiger partial charge on any atom is -0.337 e. The van der Waals surface area contributed by atoms with Crippen molar-refractivity contribution >= 4 is 15.7 Å². The summed E-state index contributed by atoms with van der Waals surface area (Å²) in [6, 6.07) is 0.976. The number of piperidine rings is 1. The lowest BCUT2D eigenvalue weighted by Crippen LogP contribution is -2.50. The second-order valence-electron chi connectivity index (χ2n) is 10.0. The molecule has 2 aliphatic heterocycles. The molecule has 3 aliphatic rings. The van der Waals surface area contributed by atoms with Gasteiger partial charge in [-0.3, -0.25) is 4.79 Å². The summed E-state index contributed by atoms with van der Waals surface area (Å²) in [4.78, 5) is 14.8. The van der Waals surface area contributed by atoms with Crippen molar-refractivity contribution in [2.45, 2.75) is 94.0 Å². The normalized spacial score (nSPS) is 27.0. The van der Waals surface area contributed by atoms with Crippen LogP contribution in [0.3, 0.4) is 0 Å². The molecule has 1 aromatic rings. The lowest BCUT2D eigenvalue weighted by atomic mass is 9.82. The molecule has 1 aliphatic carbocycles. The molecule has 0 aromatic heterocycles. The van der Waals surface area contributed by atoms with E-state index in [1.54, 1.807) is 0 Å². The maximum absolute atomic E-state index is 14.0. The van der Waals surface area contributed by atoms with Gasteiger partial charge in [-0.25, -0.2) is 21.6 Å². The molecule has 3 fully saturated rings. The van der Waals surface area contributed by atoms with Crippen molar-refractivity contribution in [1.29, 1.82) is 0 Å². The van der Waals surface area contributed by atoms with Gasteiger partial charge in [-0.2, -0.15) is 0 Å². The number of benzene rings is 1. The monoisotopic (exact) mass is 486 g/mol. The van der Waals surface area contributed by atoms with Crippen molar-refractivity contribution in [2.24, 2.45) is 11.7 Å². The van der Waals surface area contributed by atoms with Gasteiger partial charge < -0.3 is 10.6 Å². The van der Waals surface area contributed by atoms with Crippen LogP contribution in [0.4, 0.5) is 13.2 Å². The number of amides is 1. The van der Waals surface area contributed by atoms with E-state index in [0.717, 1.165) is 38.2 Å². The van der Waals surface area contributed by atoms with Crippen LogP contribution in [-0.2, 0) is 21.1 Å². The molecule has 2 heterocycles. The Kier molecular flexibility index (Phi) is 7.38. The molecule has 0 spiro atoms. The van der Waals surface area contributed by atoms with E-state index >= 15 is 0 Å². The first kappa shape index (κ1) is 24.5. The largest absolute Gasteiger partial charge is 0.337 e. The SMILES string of the molecule is N[C@H](Cc1cc(F)c(F)cc1F)C1C[C@H]2CC[C@@H](C1)N2C(=O)CCS(=O)(=O)C1CCCCC1. The van der Waals surface area contributed by atoms with Gasteiger partial charge in [0.1, 0.15) is 5.82 Å². The zero-order valence-electron chi connectivity index (χ0n) is 18.8. The Morgan fingerprint density at radius 3 is 2.21 bits per heavy atom. The summed E-state index contributed by atoms with van der Waals surface area (Å²) in [7, 11) is -3.26. The van der Waals surface area contributed by atoms with Crippen molar-refractivity contribution < 1.29 is 26.4 Å². The van der Waals surface area contributed by atoms with Gasteiger partial charge in [0.05, 0.1) is 11.0 Å². The van der Waals surface area contributed by atoms with Crippen LogP contribution in [0.15, 0.2) is 12.1 Å². The van der Waals surface area contributed by atoms with Crippen molar-refractivity contribution in [1.82, 2.24) is 4.90 Å². The molecular formula is C24H33F3N2O3S. The minimum absolute atomic E-state index is 0.000476. The summed E-state index contributed by atoms with van der Waals surface area (Å²) in [5, 5.41) is -0.309. The van der Waals surface area contributed by atoms with Crippen molar-refractivity contribution in [3.8, 4) is 0 Å². The standard InChI is InChI=1S/C24H33F3N2O3S/c25-20-14-22(27)21(26)12-15(20)13-23(28)16-10-17-6-7-18(11-16)29(17)24(30)8-9-33(31,32)19-4-2-1-3-5-19/h12,14,16-19,23H,1-11,13,28H2/t16?,17-,18+,23-/m1/s1. The van der Waals surface area contributed by atoms with E-state index in [4.69, 9.17) is 5.73 Å². The number of fused-ring (bicyclic) bond motifs is 2. The number of carbonyl (C=O) groups excluding carboxylic acids is 1. The van der Waals surface area contributed by atoms with E-state index in [2.05, 4.69) is 0 Å². The number of hydrogen-bond acceptors (Lipinski definition) is 4. The van der Waals surface area contributed by atoms with Crippen molar-refractivity contribution in [3.05, 3.63) is 35.1 Å². The van der Waals surface area contributed by atoms with Gasteiger partial charge in [0.25, 0.3) is 0 Å². The molecule has 1 saturated carbocycles. The van der Waals surface area contributed by atoms with Crippen LogP contribution in [-0.4, -0.2) is 48.4 Å². The fourth-order valence-corrected chi connectivity index (χ4v) is 7.91. The summed E-state index contributed by atoms with van der Waals surface area (Å²) < 4.78 is 66.1. The predicted molar refractivity (Wildman–Crippen MR) is 120 cm³/mol. The quantitative estimate of drug-likeness (QED) is 0.593. The molecule has 2 saturated heterocycles. The van der Waals surface area contributed by atoms with Gasteiger partial charge in [-0.15, -0.1) is 0 Å². The molecule has 1 unspecified atom stereocenters. The van der Waals surface area contributed by atoms with E-state index in [1.165, 1.54) is 0 Å². The summed E-state index contributed by atoms with van der Waals surface area (Å²) in [5.41, 5.74) is 6.40. The van der Waals surface area contributed by atoms with Crippen LogP contribution in [0.2, 0.25) is 0 Å². The van der Waals surface area contributed by atoms with Gasteiger partial charge in [0.15, 0.2) is 21.5 Å². The van der Waals surface area contributed by atoms with Crippen LogP contribution in [0, 0.1) is 23.4 Å². The Hall–Kier alpha value is -1.61. The first-order valence-corrected chi connectivity index (χ1v) is 13.8. The topological polar surface area (TPSA) is 80.5 Å². The fraction of sp³-hybridized carbons (Fsp3) is 0.708. The molecule has 1 aromatic carbocycles. The van der Waals surface area contributed by atoms with Crippen LogP contribution in [0.1, 0.15) is 69.8 Å². The summed E-state index contributed by atoms with van der Waals surface area (Å²) in [6.45, 7) is 0. The van der Waals surface area contributed by atoms with Gasteiger partial charge in [-0.1, -0.05) is 19.3 Å². The molecule has 4 rings (SSSR count). The van der Waals surface area contributed by atoms with Gasteiger partial charge in [0.2, 0.25) is 5.91 Å². The van der Waals surface area contributed by atoms with E-state index in [9.17, 15) is 26.4 Å². The first-order chi connectivity index (χ1) is 15.7. The van der Waals surface area contributed by atoms with E-state index < -0.39 is 33.3 Å². The molecule has 0 radical (unpaired) electrons. The molecule has 2 N–H and O–H groups in total. The van der Waals surface area contributed by atoms with Crippen LogP contribution >= 0.6 is 0 Å². The van der Waals surface area contributed by atoms with E-state index in [0.29, 0.717) is 31.7 Å². The summed E-state index contributed by atoms with van der Waals surface area (Å²) in [5.74, 6) is -3.29. The smallest absolute Gasteiger partial charge is 0.224 e. The highest BCUT2D eigenvalue weighted by molar-refractivity contribution is 7.92. The number of carbonyl (C=O) groups is 1. The molecular weight excluding hydrogens is 453 g/mol. The van der Waals surface area contributed by atoms with E-state index in [-0.39, 0.29) is 53.3 Å². The number of nitrogens with zero attached hydrogens (tertiary/aromatic N) is 1. The Balaban J connectivity index is 1.34. The third-order valence-electron chi connectivity index (χ3n) is 7.87. The maximum Gasteiger partial charge on any atom is 0.224 e. The zero-order valence-corrected chi connectivity index (χ0v) is 19.6. The number of rotatable bonds is 7. The highest BCUT2D eigenvalue weighted by atomic mass is 32.2. The molecule has 33 heavy (non-hydrogen) atoms. The van der Waals surface area contributed by atoms with Crippen molar-refractivity contribution in [3.63, 3.8) is 0 Å². The highest BCUT2D eigenvalue weighted by Crippen LogP contribution is 2.40. The maximum atomic E-state index is 14.0. The van der Waals surface area contributed by atoms with Gasteiger partial charge in [0, 0.05) is 30.6 Å². The summed E-state index contributed by atoms with van der Waals surface area (Å²) in [6.07, 6.45) is 7.45. The molecule has 184 valence electrons. The molecule has 1 amide bonds. The number of halogens is 3. The predicted octanol–water partition coefficient (Wildman–Crippen LogP) is 3.88. The van der Waals surface area contributed by atoms with Gasteiger partial charge >= 0.3 is 0 Å². The number of hydrogen-bond donors (Lipinski definition) is 1. The Bertz CT molecular complexity index is 967.